The largest absolute Gasteiger partial charge is 0.490 e. The maximum Gasteiger partial charge on any atom is 0.242 e. The highest BCUT2D eigenvalue weighted by Gasteiger charge is 2.17. The zero-order chi connectivity index (χ0) is 19.3. The first-order valence-electron chi connectivity index (χ1n) is 9.43. The van der Waals surface area contributed by atoms with E-state index in [1.165, 1.54) is 36.8 Å². The Morgan fingerprint density at radius 2 is 1.67 bits per heavy atom. The topological polar surface area (TPSA) is 58.6 Å². The number of hydrogen-bond acceptors (Lipinski definition) is 4. The number of ether oxygens (including phenoxy) is 1. The first kappa shape index (κ1) is 19.9. The molecule has 0 radical (unpaired) electrons. The second-order valence-corrected chi connectivity index (χ2v) is 9.36. The van der Waals surface area contributed by atoms with Gasteiger partial charge in [0.25, 0.3) is 0 Å². The molecule has 146 valence electrons. The van der Waals surface area contributed by atoms with Crippen molar-refractivity contribution < 1.29 is 13.2 Å². The predicted octanol–water partition coefficient (Wildman–Crippen LogP) is 3.55. The van der Waals surface area contributed by atoms with Gasteiger partial charge in [0, 0.05) is 27.2 Å². The van der Waals surface area contributed by atoms with Gasteiger partial charge in [0.1, 0.15) is 5.75 Å². The Hall–Kier alpha value is -1.89. The molecule has 0 aliphatic heterocycles. The predicted molar refractivity (Wildman–Crippen MR) is 107 cm³/mol. The van der Waals surface area contributed by atoms with Crippen LogP contribution in [0.4, 0.5) is 0 Å². The highest BCUT2D eigenvalue weighted by molar-refractivity contribution is 7.89. The van der Waals surface area contributed by atoms with E-state index in [1.54, 1.807) is 12.1 Å². The van der Waals surface area contributed by atoms with Gasteiger partial charge in [-0.3, -0.25) is 0 Å². The molecule has 6 heteroatoms. The Bertz CT molecular complexity index is 842. The van der Waals surface area contributed by atoms with Crippen LogP contribution < -0.4 is 10.1 Å². The molecule has 1 N–H and O–H groups in total. The highest BCUT2D eigenvalue weighted by Crippen LogP contribution is 2.24. The van der Waals surface area contributed by atoms with Crippen LogP contribution in [0.3, 0.4) is 0 Å². The summed E-state index contributed by atoms with van der Waals surface area (Å²) < 4.78 is 31.5. The smallest absolute Gasteiger partial charge is 0.242 e. The Balaban J connectivity index is 1.52. The van der Waals surface area contributed by atoms with Crippen LogP contribution in [-0.2, 0) is 23.1 Å². The van der Waals surface area contributed by atoms with E-state index in [1.807, 2.05) is 24.3 Å². The molecule has 0 heterocycles. The fraction of sp³-hybridized carbons (Fsp3) is 0.429. The zero-order valence-corrected chi connectivity index (χ0v) is 16.8. The van der Waals surface area contributed by atoms with Crippen molar-refractivity contribution in [2.75, 3.05) is 14.1 Å². The van der Waals surface area contributed by atoms with Crippen molar-refractivity contribution in [1.29, 1.82) is 0 Å². The molecule has 2 aromatic carbocycles. The molecule has 5 nitrogen and oxygen atoms in total. The standard InChI is InChI=1S/C21H28N2O3S/c1-23(2)27(24,25)21-12-10-17(11-13-21)15-22-16-18-6-5-9-20(14-18)26-19-7-3-4-8-19/h5-6,9-14,19,22H,3-4,7-8,15-16H2,1-2H3. The van der Waals surface area contributed by atoms with Crippen LogP contribution in [0.15, 0.2) is 53.4 Å². The van der Waals surface area contributed by atoms with Crippen molar-refractivity contribution in [1.82, 2.24) is 9.62 Å². The van der Waals surface area contributed by atoms with E-state index < -0.39 is 10.0 Å². The molecule has 1 fully saturated rings. The Labute approximate surface area is 162 Å². The second kappa shape index (κ2) is 8.87. The molecule has 2 aromatic rings. The van der Waals surface area contributed by atoms with Gasteiger partial charge in [-0.05, 0) is 61.1 Å². The average molecular weight is 389 g/mol. The lowest BCUT2D eigenvalue weighted by molar-refractivity contribution is 0.210. The second-order valence-electron chi connectivity index (χ2n) is 7.21. The SMILES string of the molecule is CN(C)S(=O)(=O)c1ccc(CNCc2cccc(OC3CCCC3)c2)cc1. The summed E-state index contributed by atoms with van der Waals surface area (Å²) in [5.74, 6) is 0.944. The van der Waals surface area contributed by atoms with E-state index in [2.05, 4.69) is 17.4 Å². The van der Waals surface area contributed by atoms with Gasteiger partial charge in [0.15, 0.2) is 0 Å². The van der Waals surface area contributed by atoms with Gasteiger partial charge in [-0.25, -0.2) is 12.7 Å². The molecular formula is C21H28N2O3S. The van der Waals surface area contributed by atoms with Crippen molar-refractivity contribution in [3.05, 3.63) is 59.7 Å². The van der Waals surface area contributed by atoms with E-state index in [9.17, 15) is 8.42 Å². The summed E-state index contributed by atoms with van der Waals surface area (Å²) in [5.41, 5.74) is 2.23. The van der Waals surface area contributed by atoms with Crippen LogP contribution in [0.2, 0.25) is 0 Å². The summed E-state index contributed by atoms with van der Waals surface area (Å²) in [6.07, 6.45) is 5.20. The molecular weight excluding hydrogens is 360 g/mol. The third-order valence-electron chi connectivity index (χ3n) is 4.86. The van der Waals surface area contributed by atoms with E-state index >= 15 is 0 Å². The minimum Gasteiger partial charge on any atom is -0.490 e. The Kier molecular flexibility index (Phi) is 6.52. The highest BCUT2D eigenvalue weighted by atomic mass is 32.2. The van der Waals surface area contributed by atoms with Crippen LogP contribution in [0, 0.1) is 0 Å². The molecule has 0 unspecified atom stereocenters. The fourth-order valence-corrected chi connectivity index (χ4v) is 4.17. The average Bonchev–Trinajstić information content (AvgIpc) is 3.15. The van der Waals surface area contributed by atoms with Gasteiger partial charge in [-0.15, -0.1) is 0 Å². The van der Waals surface area contributed by atoms with Crippen LogP contribution in [0.25, 0.3) is 0 Å². The van der Waals surface area contributed by atoms with Gasteiger partial charge in [0.2, 0.25) is 10.0 Å². The molecule has 0 aromatic heterocycles. The normalized spacial score (nSPS) is 15.4. The van der Waals surface area contributed by atoms with Crippen LogP contribution in [0.5, 0.6) is 5.75 Å². The summed E-state index contributed by atoms with van der Waals surface area (Å²) in [5, 5.41) is 3.40. The first-order chi connectivity index (χ1) is 12.9. The maximum absolute atomic E-state index is 12.1. The maximum atomic E-state index is 12.1. The Morgan fingerprint density at radius 3 is 2.33 bits per heavy atom. The molecule has 1 saturated carbocycles. The molecule has 0 spiro atoms. The Morgan fingerprint density at radius 1 is 1.00 bits per heavy atom. The van der Waals surface area contributed by atoms with Crippen LogP contribution in [-0.4, -0.2) is 32.9 Å². The lowest BCUT2D eigenvalue weighted by Gasteiger charge is -2.14. The lowest BCUT2D eigenvalue weighted by atomic mass is 10.2. The molecule has 3 rings (SSSR count). The van der Waals surface area contributed by atoms with E-state index in [4.69, 9.17) is 4.74 Å². The van der Waals surface area contributed by atoms with Crippen LogP contribution >= 0.6 is 0 Å². The molecule has 0 amide bonds. The summed E-state index contributed by atoms with van der Waals surface area (Å²) in [6, 6.07) is 15.2. The molecule has 0 atom stereocenters. The fourth-order valence-electron chi connectivity index (χ4n) is 3.27. The number of hydrogen-bond donors (Lipinski definition) is 1. The van der Waals surface area contributed by atoms with Crippen molar-refractivity contribution in [2.24, 2.45) is 0 Å². The number of benzene rings is 2. The third kappa shape index (κ3) is 5.31. The molecule has 1 aliphatic carbocycles. The molecule has 27 heavy (non-hydrogen) atoms. The van der Waals surface area contributed by atoms with Gasteiger partial charge in [-0.1, -0.05) is 24.3 Å². The number of nitrogens with one attached hydrogen (secondary N) is 1. The van der Waals surface area contributed by atoms with E-state index in [-0.39, 0.29) is 0 Å². The first-order valence-corrected chi connectivity index (χ1v) is 10.9. The van der Waals surface area contributed by atoms with Crippen molar-refractivity contribution >= 4 is 10.0 Å². The molecule has 0 saturated heterocycles. The number of sulfonamides is 1. The van der Waals surface area contributed by atoms with Crippen molar-refractivity contribution in [3.8, 4) is 5.75 Å². The quantitative estimate of drug-likeness (QED) is 0.751. The van der Waals surface area contributed by atoms with Crippen LogP contribution in [0.1, 0.15) is 36.8 Å². The summed E-state index contributed by atoms with van der Waals surface area (Å²) in [6.45, 7) is 1.41. The van der Waals surface area contributed by atoms with Crippen molar-refractivity contribution in [3.63, 3.8) is 0 Å². The van der Waals surface area contributed by atoms with E-state index in [0.717, 1.165) is 30.7 Å². The molecule has 0 bridgehead atoms. The third-order valence-corrected chi connectivity index (χ3v) is 6.69. The van der Waals surface area contributed by atoms with Gasteiger partial charge >= 0.3 is 0 Å². The monoisotopic (exact) mass is 388 g/mol. The minimum absolute atomic E-state index is 0.313. The zero-order valence-electron chi connectivity index (χ0n) is 16.0. The number of nitrogens with zero attached hydrogens (tertiary/aromatic N) is 1. The summed E-state index contributed by atoms with van der Waals surface area (Å²) >= 11 is 0. The summed E-state index contributed by atoms with van der Waals surface area (Å²) in [7, 11) is -0.299. The van der Waals surface area contributed by atoms with E-state index in [0.29, 0.717) is 17.5 Å². The van der Waals surface area contributed by atoms with Gasteiger partial charge < -0.3 is 10.1 Å². The van der Waals surface area contributed by atoms with Gasteiger partial charge in [0.05, 0.1) is 11.0 Å². The summed E-state index contributed by atoms with van der Waals surface area (Å²) in [4.78, 5) is 0.313. The number of rotatable bonds is 8. The molecule has 1 aliphatic rings. The minimum atomic E-state index is -3.37. The van der Waals surface area contributed by atoms with Gasteiger partial charge in [-0.2, -0.15) is 0 Å². The van der Waals surface area contributed by atoms with Crippen molar-refractivity contribution in [2.45, 2.75) is 49.8 Å². The lowest BCUT2D eigenvalue weighted by Crippen LogP contribution is -2.22.